The Morgan fingerprint density at radius 1 is 1.53 bits per heavy atom. The van der Waals surface area contributed by atoms with E-state index in [-0.39, 0.29) is 5.56 Å². The topological polar surface area (TPSA) is 50.1 Å². The molecule has 15 heavy (non-hydrogen) atoms. The number of carbonyl (C=O) groups is 1. The zero-order valence-electron chi connectivity index (χ0n) is 7.83. The highest BCUT2D eigenvalue weighted by molar-refractivity contribution is 5.66. The molecule has 0 aliphatic carbocycles. The van der Waals surface area contributed by atoms with Gasteiger partial charge in [0.15, 0.2) is 0 Å². The molecule has 0 amide bonds. The van der Waals surface area contributed by atoms with Gasteiger partial charge < -0.3 is 4.74 Å². The Bertz CT molecular complexity index is 426. The zero-order valence-corrected chi connectivity index (χ0v) is 7.83. The van der Waals surface area contributed by atoms with Crippen LogP contribution in [-0.2, 0) is 9.53 Å². The number of halogens is 2. The standard InChI is InChI=1S/C10H7F2NO2/c1-6(14)15-10(5-13)8-4-7(11)2-3-9(8)12/h2-4,10H,1H3/t10-/m1/s1. The molecule has 1 rings (SSSR count). The second kappa shape index (κ2) is 4.51. The molecule has 1 atom stereocenters. The Hall–Kier alpha value is -1.96. The van der Waals surface area contributed by atoms with Gasteiger partial charge in [0.25, 0.3) is 0 Å². The van der Waals surface area contributed by atoms with Crippen LogP contribution >= 0.6 is 0 Å². The first-order valence-electron chi connectivity index (χ1n) is 4.06. The van der Waals surface area contributed by atoms with Crippen LogP contribution in [0.15, 0.2) is 18.2 Å². The van der Waals surface area contributed by atoms with Crippen LogP contribution in [0.1, 0.15) is 18.6 Å². The summed E-state index contributed by atoms with van der Waals surface area (Å²) in [6.07, 6.45) is -1.42. The van der Waals surface area contributed by atoms with E-state index in [9.17, 15) is 13.6 Å². The van der Waals surface area contributed by atoms with E-state index in [2.05, 4.69) is 4.74 Å². The molecule has 0 aliphatic rings. The van der Waals surface area contributed by atoms with Gasteiger partial charge in [-0.15, -0.1) is 0 Å². The highest BCUT2D eigenvalue weighted by Crippen LogP contribution is 2.21. The fraction of sp³-hybridized carbons (Fsp3) is 0.200. The van der Waals surface area contributed by atoms with Gasteiger partial charge >= 0.3 is 5.97 Å². The number of carbonyl (C=O) groups excluding carboxylic acids is 1. The minimum atomic E-state index is -1.42. The molecule has 0 aliphatic heterocycles. The highest BCUT2D eigenvalue weighted by atomic mass is 19.1. The summed E-state index contributed by atoms with van der Waals surface area (Å²) in [6, 6.07) is 4.18. The molecule has 0 N–H and O–H groups in total. The predicted molar refractivity (Wildman–Crippen MR) is 46.5 cm³/mol. The molecule has 3 nitrogen and oxygen atoms in total. The largest absolute Gasteiger partial charge is 0.442 e. The lowest BCUT2D eigenvalue weighted by molar-refractivity contribution is -0.144. The lowest BCUT2D eigenvalue weighted by Gasteiger charge is -2.10. The Kier molecular flexibility index (Phi) is 3.34. The lowest BCUT2D eigenvalue weighted by atomic mass is 10.1. The van der Waals surface area contributed by atoms with Crippen molar-refractivity contribution in [2.24, 2.45) is 0 Å². The van der Waals surface area contributed by atoms with Crippen molar-refractivity contribution in [1.82, 2.24) is 0 Å². The summed E-state index contributed by atoms with van der Waals surface area (Å²) >= 11 is 0. The van der Waals surface area contributed by atoms with Crippen molar-refractivity contribution in [2.75, 3.05) is 0 Å². The molecule has 5 heteroatoms. The maximum atomic E-state index is 13.1. The molecule has 0 bridgehead atoms. The summed E-state index contributed by atoms with van der Waals surface area (Å²) in [6.45, 7) is 1.08. The number of esters is 1. The van der Waals surface area contributed by atoms with Crippen molar-refractivity contribution in [3.63, 3.8) is 0 Å². The van der Waals surface area contributed by atoms with Crippen molar-refractivity contribution < 1.29 is 18.3 Å². The quantitative estimate of drug-likeness (QED) is 0.704. The number of nitrogens with zero attached hydrogens (tertiary/aromatic N) is 1. The monoisotopic (exact) mass is 211 g/mol. The van der Waals surface area contributed by atoms with Crippen LogP contribution in [0.4, 0.5) is 8.78 Å². The molecule has 1 aromatic carbocycles. The van der Waals surface area contributed by atoms with Gasteiger partial charge in [-0.25, -0.2) is 8.78 Å². The van der Waals surface area contributed by atoms with E-state index >= 15 is 0 Å². The second-order valence-electron chi connectivity index (χ2n) is 2.78. The van der Waals surface area contributed by atoms with Crippen molar-refractivity contribution >= 4 is 5.97 Å². The Balaban J connectivity index is 3.07. The number of ether oxygens (including phenoxy) is 1. The third-order valence-corrected chi connectivity index (χ3v) is 1.64. The summed E-state index contributed by atoms with van der Waals surface area (Å²) in [5, 5.41) is 8.63. The SMILES string of the molecule is CC(=O)O[C@H](C#N)c1cc(F)ccc1F. The van der Waals surface area contributed by atoms with Gasteiger partial charge in [-0.1, -0.05) is 0 Å². The third kappa shape index (κ3) is 2.74. The van der Waals surface area contributed by atoms with Gasteiger partial charge in [-0.05, 0) is 18.2 Å². The minimum Gasteiger partial charge on any atom is -0.442 e. The molecule has 0 unspecified atom stereocenters. The number of rotatable bonds is 2. The zero-order chi connectivity index (χ0) is 11.4. The van der Waals surface area contributed by atoms with Crippen molar-refractivity contribution in [2.45, 2.75) is 13.0 Å². The average molecular weight is 211 g/mol. The maximum Gasteiger partial charge on any atom is 0.304 e. The third-order valence-electron chi connectivity index (χ3n) is 1.64. The molecule has 1 aromatic rings. The molecular weight excluding hydrogens is 204 g/mol. The Labute approximate surface area is 84.9 Å². The maximum absolute atomic E-state index is 13.1. The molecule has 0 spiro atoms. The molecule has 0 aromatic heterocycles. The summed E-state index contributed by atoms with van der Waals surface area (Å²) in [4.78, 5) is 10.6. The van der Waals surface area contributed by atoms with Gasteiger partial charge in [0.05, 0.1) is 0 Å². The van der Waals surface area contributed by atoms with E-state index < -0.39 is 23.7 Å². The summed E-state index contributed by atoms with van der Waals surface area (Å²) in [5.41, 5.74) is -0.285. The van der Waals surface area contributed by atoms with Crippen LogP contribution in [0.5, 0.6) is 0 Å². The fourth-order valence-corrected chi connectivity index (χ4v) is 1.04. The van der Waals surface area contributed by atoms with E-state index in [1.807, 2.05) is 0 Å². The molecule has 0 saturated heterocycles. The molecule has 0 fully saturated rings. The average Bonchev–Trinajstić information content (AvgIpc) is 2.18. The van der Waals surface area contributed by atoms with Crippen LogP contribution in [0, 0.1) is 23.0 Å². The number of nitriles is 1. The number of benzene rings is 1. The van der Waals surface area contributed by atoms with Crippen molar-refractivity contribution in [3.05, 3.63) is 35.4 Å². The van der Waals surface area contributed by atoms with Crippen LogP contribution < -0.4 is 0 Å². The van der Waals surface area contributed by atoms with E-state index in [4.69, 9.17) is 5.26 Å². The molecule has 0 heterocycles. The van der Waals surface area contributed by atoms with Crippen LogP contribution in [-0.4, -0.2) is 5.97 Å². The van der Waals surface area contributed by atoms with Gasteiger partial charge in [-0.3, -0.25) is 4.79 Å². The molecular formula is C10H7F2NO2. The fourth-order valence-electron chi connectivity index (χ4n) is 1.04. The molecule has 78 valence electrons. The van der Waals surface area contributed by atoms with Gasteiger partial charge in [0, 0.05) is 12.5 Å². The van der Waals surface area contributed by atoms with Crippen LogP contribution in [0.25, 0.3) is 0 Å². The number of hydrogen-bond acceptors (Lipinski definition) is 3. The van der Waals surface area contributed by atoms with Gasteiger partial charge in [-0.2, -0.15) is 5.26 Å². The van der Waals surface area contributed by atoms with Crippen LogP contribution in [0.3, 0.4) is 0 Å². The summed E-state index contributed by atoms with van der Waals surface area (Å²) in [7, 11) is 0. The first-order valence-corrected chi connectivity index (χ1v) is 4.06. The van der Waals surface area contributed by atoms with Gasteiger partial charge in [0.1, 0.15) is 17.7 Å². The number of hydrogen-bond donors (Lipinski definition) is 0. The lowest BCUT2D eigenvalue weighted by Crippen LogP contribution is -2.08. The van der Waals surface area contributed by atoms with Crippen molar-refractivity contribution in [3.8, 4) is 6.07 Å². The Morgan fingerprint density at radius 2 is 2.20 bits per heavy atom. The van der Waals surface area contributed by atoms with Gasteiger partial charge in [0.2, 0.25) is 6.10 Å². The normalized spacial score (nSPS) is 11.6. The highest BCUT2D eigenvalue weighted by Gasteiger charge is 2.18. The Morgan fingerprint density at radius 3 is 2.73 bits per heavy atom. The van der Waals surface area contributed by atoms with E-state index in [1.165, 1.54) is 0 Å². The first-order chi connectivity index (χ1) is 7.04. The first kappa shape index (κ1) is 11.1. The van der Waals surface area contributed by atoms with E-state index in [1.54, 1.807) is 6.07 Å². The second-order valence-corrected chi connectivity index (χ2v) is 2.78. The van der Waals surface area contributed by atoms with E-state index in [0.29, 0.717) is 0 Å². The van der Waals surface area contributed by atoms with Crippen molar-refractivity contribution in [1.29, 1.82) is 5.26 Å². The van der Waals surface area contributed by atoms with Crippen LogP contribution in [0.2, 0.25) is 0 Å². The molecule has 0 saturated carbocycles. The molecule has 0 radical (unpaired) electrons. The van der Waals surface area contributed by atoms with E-state index in [0.717, 1.165) is 25.1 Å². The smallest absolute Gasteiger partial charge is 0.304 e. The summed E-state index contributed by atoms with van der Waals surface area (Å²) in [5.74, 6) is -2.21. The predicted octanol–water partition coefficient (Wildman–Crippen LogP) is 2.09. The summed E-state index contributed by atoms with van der Waals surface area (Å²) < 4.78 is 30.4. The minimum absolute atomic E-state index is 0.285.